The van der Waals surface area contributed by atoms with Crippen molar-refractivity contribution < 1.29 is 4.79 Å². The fraction of sp³-hybridized carbons (Fsp3) is 0.222. The normalized spacial score (nSPS) is 13.6. The minimum absolute atomic E-state index is 0.143. The second-order valence-corrected chi connectivity index (χ2v) is 6.85. The van der Waals surface area contributed by atoms with E-state index in [9.17, 15) is 4.79 Å². The number of carbonyl (C=O) groups is 1. The van der Waals surface area contributed by atoms with E-state index in [1.807, 2.05) is 29.5 Å². The van der Waals surface area contributed by atoms with E-state index >= 15 is 0 Å². The number of nitrogens with zero attached hydrogens (tertiary/aromatic N) is 3. The molecule has 1 aromatic carbocycles. The second-order valence-electron chi connectivity index (χ2n) is 5.85. The van der Waals surface area contributed by atoms with Crippen molar-refractivity contribution in [3.63, 3.8) is 0 Å². The number of aryl methyl sites for hydroxylation is 1. The number of hydrogen-bond acceptors (Lipinski definition) is 4. The van der Waals surface area contributed by atoms with Crippen molar-refractivity contribution in [3.8, 4) is 0 Å². The topological polar surface area (TPSA) is 50.2 Å². The third kappa shape index (κ3) is 2.69. The van der Waals surface area contributed by atoms with Crippen LogP contribution in [0.1, 0.15) is 20.9 Å². The van der Waals surface area contributed by atoms with E-state index in [1.165, 1.54) is 10.4 Å². The van der Waals surface area contributed by atoms with Gasteiger partial charge in [0.15, 0.2) is 0 Å². The minimum atomic E-state index is -0.143. The molecule has 1 N–H and O–H groups in total. The number of thiophene rings is 1. The maximum absolute atomic E-state index is 12.5. The fourth-order valence-corrected chi connectivity index (χ4v) is 3.98. The molecule has 24 heavy (non-hydrogen) atoms. The Morgan fingerprint density at radius 2 is 2.12 bits per heavy atom. The van der Waals surface area contributed by atoms with Crippen LogP contribution in [0.4, 0.5) is 11.4 Å². The summed E-state index contributed by atoms with van der Waals surface area (Å²) in [5.41, 5.74) is 3.83. The number of anilines is 2. The summed E-state index contributed by atoms with van der Waals surface area (Å²) in [5, 5.41) is 9.24. The lowest BCUT2D eigenvalue weighted by Gasteiger charge is -2.30. The summed E-state index contributed by atoms with van der Waals surface area (Å²) >= 11 is 1.83. The molecule has 5 nitrogen and oxygen atoms in total. The number of hydrogen-bond donors (Lipinski definition) is 1. The van der Waals surface area contributed by atoms with Gasteiger partial charge in [-0.05, 0) is 41.6 Å². The van der Waals surface area contributed by atoms with Gasteiger partial charge in [0.25, 0.3) is 5.91 Å². The van der Waals surface area contributed by atoms with Gasteiger partial charge in [0.1, 0.15) is 5.69 Å². The molecule has 3 aromatic rings. The lowest BCUT2D eigenvalue weighted by atomic mass is 10.1. The molecule has 4 rings (SSSR count). The molecule has 0 bridgehead atoms. The van der Waals surface area contributed by atoms with Crippen LogP contribution in [0.3, 0.4) is 0 Å². The Morgan fingerprint density at radius 3 is 2.96 bits per heavy atom. The number of nitrogens with one attached hydrogen (secondary N) is 1. The van der Waals surface area contributed by atoms with Gasteiger partial charge < -0.3 is 10.2 Å². The van der Waals surface area contributed by atoms with Gasteiger partial charge in [-0.15, -0.1) is 11.3 Å². The Hall–Kier alpha value is -2.60. The third-order valence-electron chi connectivity index (χ3n) is 4.35. The van der Waals surface area contributed by atoms with Gasteiger partial charge >= 0.3 is 0 Å². The predicted molar refractivity (Wildman–Crippen MR) is 96.7 cm³/mol. The fourth-order valence-electron chi connectivity index (χ4n) is 3.09. The van der Waals surface area contributed by atoms with Crippen LogP contribution in [-0.4, -0.2) is 22.2 Å². The first-order valence-electron chi connectivity index (χ1n) is 7.91. The van der Waals surface area contributed by atoms with Crippen LogP contribution in [-0.2, 0) is 20.0 Å². The highest BCUT2D eigenvalue weighted by molar-refractivity contribution is 7.10. The summed E-state index contributed by atoms with van der Waals surface area (Å²) in [4.78, 5) is 16.3. The van der Waals surface area contributed by atoms with Gasteiger partial charge in [0.05, 0.1) is 11.4 Å². The number of benzene rings is 1. The standard InChI is InChI=1S/C18H18N4OS/c1-21-16(6-9-19-21)18(23)20-14-4-2-3-5-15(14)22-10-7-17-13(12-22)8-11-24-17/h2-6,8-9,11H,7,10,12H2,1H3,(H,20,23). The Kier molecular flexibility index (Phi) is 3.82. The van der Waals surface area contributed by atoms with E-state index in [0.29, 0.717) is 5.69 Å². The van der Waals surface area contributed by atoms with Gasteiger partial charge in [-0.2, -0.15) is 5.10 Å². The maximum atomic E-state index is 12.5. The average Bonchev–Trinajstić information content (AvgIpc) is 3.23. The molecule has 0 saturated heterocycles. The minimum Gasteiger partial charge on any atom is -0.365 e. The van der Waals surface area contributed by atoms with Crippen LogP contribution in [0.15, 0.2) is 48.0 Å². The smallest absolute Gasteiger partial charge is 0.273 e. The van der Waals surface area contributed by atoms with Crippen molar-refractivity contribution in [1.29, 1.82) is 0 Å². The van der Waals surface area contributed by atoms with E-state index in [-0.39, 0.29) is 5.91 Å². The van der Waals surface area contributed by atoms with Crippen LogP contribution >= 0.6 is 11.3 Å². The number of para-hydroxylation sites is 2. The summed E-state index contributed by atoms with van der Waals surface area (Å²) in [6, 6.07) is 11.9. The summed E-state index contributed by atoms with van der Waals surface area (Å²) in [5.74, 6) is -0.143. The molecule has 6 heteroatoms. The van der Waals surface area contributed by atoms with Crippen LogP contribution in [0, 0.1) is 0 Å². The van der Waals surface area contributed by atoms with Gasteiger partial charge in [0, 0.05) is 31.2 Å². The largest absolute Gasteiger partial charge is 0.365 e. The van der Waals surface area contributed by atoms with Crippen molar-refractivity contribution in [3.05, 3.63) is 64.1 Å². The van der Waals surface area contributed by atoms with Crippen LogP contribution in [0.5, 0.6) is 0 Å². The predicted octanol–water partition coefficient (Wildman–Crippen LogP) is 3.30. The van der Waals surface area contributed by atoms with Crippen molar-refractivity contribution in [2.75, 3.05) is 16.8 Å². The Bertz CT molecular complexity index is 883. The molecule has 0 fully saturated rings. The zero-order valence-corrected chi connectivity index (χ0v) is 14.2. The van der Waals surface area contributed by atoms with Crippen molar-refractivity contribution in [2.45, 2.75) is 13.0 Å². The molecular weight excluding hydrogens is 320 g/mol. The van der Waals surface area contributed by atoms with E-state index in [1.54, 1.807) is 24.0 Å². The lowest BCUT2D eigenvalue weighted by molar-refractivity contribution is 0.101. The number of rotatable bonds is 3. The monoisotopic (exact) mass is 338 g/mol. The molecule has 122 valence electrons. The molecule has 2 aromatic heterocycles. The van der Waals surface area contributed by atoms with Crippen molar-refractivity contribution in [1.82, 2.24) is 9.78 Å². The lowest BCUT2D eigenvalue weighted by Crippen LogP contribution is -2.30. The zero-order valence-electron chi connectivity index (χ0n) is 13.4. The van der Waals surface area contributed by atoms with Gasteiger partial charge in [0.2, 0.25) is 0 Å². The molecule has 0 saturated carbocycles. The van der Waals surface area contributed by atoms with Gasteiger partial charge in [-0.1, -0.05) is 12.1 Å². The molecule has 1 aliphatic rings. The van der Waals surface area contributed by atoms with Crippen LogP contribution < -0.4 is 10.2 Å². The third-order valence-corrected chi connectivity index (χ3v) is 5.38. The molecule has 0 unspecified atom stereocenters. The zero-order chi connectivity index (χ0) is 16.5. The summed E-state index contributed by atoms with van der Waals surface area (Å²) in [6.07, 6.45) is 2.68. The molecule has 1 amide bonds. The Labute approximate surface area is 144 Å². The summed E-state index contributed by atoms with van der Waals surface area (Å²) in [7, 11) is 1.77. The first-order chi connectivity index (χ1) is 11.7. The SMILES string of the molecule is Cn1nccc1C(=O)Nc1ccccc1N1CCc2sccc2C1. The van der Waals surface area contributed by atoms with Crippen LogP contribution in [0.25, 0.3) is 0 Å². The maximum Gasteiger partial charge on any atom is 0.273 e. The van der Waals surface area contributed by atoms with Crippen LogP contribution in [0.2, 0.25) is 0 Å². The molecule has 0 aliphatic carbocycles. The molecule has 1 aliphatic heterocycles. The highest BCUT2D eigenvalue weighted by atomic mass is 32.1. The number of amides is 1. The molecule has 0 radical (unpaired) electrons. The number of fused-ring (bicyclic) bond motifs is 1. The van der Waals surface area contributed by atoms with Crippen molar-refractivity contribution >= 4 is 28.6 Å². The van der Waals surface area contributed by atoms with Crippen molar-refractivity contribution in [2.24, 2.45) is 7.05 Å². The number of aromatic nitrogens is 2. The van der Waals surface area contributed by atoms with Gasteiger partial charge in [-0.3, -0.25) is 9.48 Å². The van der Waals surface area contributed by atoms with Gasteiger partial charge in [-0.25, -0.2) is 0 Å². The van der Waals surface area contributed by atoms with E-state index in [4.69, 9.17) is 0 Å². The highest BCUT2D eigenvalue weighted by Gasteiger charge is 2.20. The van der Waals surface area contributed by atoms with E-state index in [0.717, 1.165) is 30.9 Å². The quantitative estimate of drug-likeness (QED) is 0.797. The van der Waals surface area contributed by atoms with E-state index < -0.39 is 0 Å². The first kappa shape index (κ1) is 15.0. The molecule has 3 heterocycles. The average molecular weight is 338 g/mol. The number of carbonyl (C=O) groups excluding carboxylic acids is 1. The molecule has 0 atom stereocenters. The summed E-state index contributed by atoms with van der Waals surface area (Å²) in [6.45, 7) is 1.85. The van der Waals surface area contributed by atoms with E-state index in [2.05, 4.69) is 32.8 Å². The summed E-state index contributed by atoms with van der Waals surface area (Å²) < 4.78 is 1.58. The molecular formula is C18H18N4OS. The Balaban J connectivity index is 1.60. The highest BCUT2D eigenvalue weighted by Crippen LogP contribution is 2.32. The first-order valence-corrected chi connectivity index (χ1v) is 8.79. The second kappa shape index (κ2) is 6.13. The Morgan fingerprint density at radius 1 is 1.25 bits per heavy atom. The molecule has 0 spiro atoms.